The van der Waals surface area contributed by atoms with Crippen LogP contribution in [0.4, 0.5) is 0 Å². The first kappa shape index (κ1) is 16.3. The second-order valence-electron chi connectivity index (χ2n) is 3.86. The van der Waals surface area contributed by atoms with Crippen LogP contribution in [-0.2, 0) is 6.13 Å². The van der Waals surface area contributed by atoms with Crippen LogP contribution >= 0.6 is 46.0 Å². The molecule has 5 atom stereocenters. The number of aliphatic hydroxyl groups excluding tert-OH is 2. The van der Waals surface area contributed by atoms with E-state index in [9.17, 15) is 5.11 Å². The van der Waals surface area contributed by atoms with Gasteiger partial charge in [-0.05, 0) is 6.92 Å². The molecule has 0 fully saturated rings. The third kappa shape index (κ3) is 4.99. The van der Waals surface area contributed by atoms with Crippen molar-refractivity contribution in [1.29, 1.82) is 0 Å². The summed E-state index contributed by atoms with van der Waals surface area (Å²) in [6.45, 7) is 5.62. The molecule has 0 bridgehead atoms. The minimum atomic E-state index is -0.684. The quantitative estimate of drug-likeness (QED) is 0.591. The molecule has 0 amide bonds. The lowest BCUT2D eigenvalue weighted by Crippen LogP contribution is -2.42. The second-order valence-corrected chi connectivity index (χ2v) is 4.87. The molecule has 0 saturated heterocycles. The highest BCUT2D eigenvalue weighted by molar-refractivity contribution is 14.1. The summed E-state index contributed by atoms with van der Waals surface area (Å²) in [5.74, 6) is -0.142. The SMILES string of the molecule is CC(CO)C(O)C(OI)C(C)C(C)OI. The third-order valence-corrected chi connectivity index (χ3v) is 4.10. The minimum Gasteiger partial charge on any atom is -0.396 e. The second kappa shape index (κ2) is 8.40. The Kier molecular flexibility index (Phi) is 9.13. The van der Waals surface area contributed by atoms with Gasteiger partial charge in [-0.2, -0.15) is 0 Å². The number of hydrogen-bond donors (Lipinski definition) is 2. The van der Waals surface area contributed by atoms with Gasteiger partial charge in [0.15, 0.2) is 0 Å². The van der Waals surface area contributed by atoms with E-state index in [-0.39, 0.29) is 30.7 Å². The monoisotopic (exact) mass is 444 g/mol. The first-order valence-corrected chi connectivity index (χ1v) is 6.59. The Morgan fingerprint density at radius 3 is 2.00 bits per heavy atom. The Morgan fingerprint density at radius 1 is 1.13 bits per heavy atom. The summed E-state index contributed by atoms with van der Waals surface area (Å²) < 4.78 is 10.4. The zero-order valence-electron chi connectivity index (χ0n) is 9.06. The lowest BCUT2D eigenvalue weighted by atomic mass is 9.89. The molecule has 6 heteroatoms. The van der Waals surface area contributed by atoms with Crippen molar-refractivity contribution >= 4 is 46.0 Å². The maximum Gasteiger partial charge on any atom is 0.110 e. The molecule has 0 saturated carbocycles. The zero-order valence-corrected chi connectivity index (χ0v) is 13.4. The topological polar surface area (TPSA) is 58.9 Å². The fraction of sp³-hybridized carbons (Fsp3) is 1.00. The van der Waals surface area contributed by atoms with E-state index in [0.717, 1.165) is 0 Å². The van der Waals surface area contributed by atoms with Crippen LogP contribution in [0.1, 0.15) is 20.8 Å². The fourth-order valence-corrected chi connectivity index (χ4v) is 2.45. The van der Waals surface area contributed by atoms with Gasteiger partial charge in [-0.15, -0.1) is 0 Å². The molecule has 5 unspecified atom stereocenters. The van der Waals surface area contributed by atoms with Crippen molar-refractivity contribution in [3.63, 3.8) is 0 Å². The van der Waals surface area contributed by atoms with Gasteiger partial charge in [0.25, 0.3) is 0 Å². The number of hydrogen-bond acceptors (Lipinski definition) is 4. The average molecular weight is 444 g/mol. The van der Waals surface area contributed by atoms with Crippen LogP contribution in [-0.4, -0.2) is 35.1 Å². The molecule has 0 aromatic carbocycles. The maximum atomic E-state index is 9.94. The summed E-state index contributed by atoms with van der Waals surface area (Å²) in [4.78, 5) is 0. The van der Waals surface area contributed by atoms with Gasteiger partial charge in [-0.1, -0.05) is 13.8 Å². The van der Waals surface area contributed by atoms with Crippen LogP contribution < -0.4 is 0 Å². The van der Waals surface area contributed by atoms with Gasteiger partial charge in [0.05, 0.1) is 12.2 Å². The molecule has 0 aliphatic heterocycles. The fourth-order valence-electron chi connectivity index (χ4n) is 1.22. The zero-order chi connectivity index (χ0) is 12.0. The summed E-state index contributed by atoms with van der Waals surface area (Å²) in [7, 11) is 0. The number of rotatable bonds is 7. The summed E-state index contributed by atoms with van der Waals surface area (Å²) in [6, 6.07) is 0. The normalized spacial score (nSPS) is 21.8. The maximum absolute atomic E-state index is 9.94. The van der Waals surface area contributed by atoms with Gasteiger partial charge in [-0.3, -0.25) is 0 Å². The summed E-state index contributed by atoms with van der Waals surface area (Å²) in [5, 5.41) is 18.9. The molecule has 0 heterocycles. The number of aliphatic hydroxyl groups is 2. The van der Waals surface area contributed by atoms with E-state index in [1.54, 1.807) is 29.9 Å². The van der Waals surface area contributed by atoms with E-state index >= 15 is 0 Å². The lowest BCUT2D eigenvalue weighted by Gasteiger charge is -2.31. The van der Waals surface area contributed by atoms with Gasteiger partial charge in [0.2, 0.25) is 0 Å². The van der Waals surface area contributed by atoms with Crippen LogP contribution in [0, 0.1) is 11.8 Å². The Hall–Kier alpha value is 1.30. The molecule has 92 valence electrons. The Bertz CT molecular complexity index is 154. The summed E-state index contributed by atoms with van der Waals surface area (Å²) in [5.41, 5.74) is 0. The van der Waals surface area contributed by atoms with E-state index in [1.165, 1.54) is 0 Å². The van der Waals surface area contributed by atoms with Crippen LogP contribution in [0.2, 0.25) is 0 Å². The standard InChI is InChI=1S/C9H18I2O4/c1-5(4-12)8(13)9(15-11)6(2)7(3)14-10/h5-9,12-13H,4H2,1-3H3. The van der Waals surface area contributed by atoms with Crippen molar-refractivity contribution in [2.24, 2.45) is 11.8 Å². The largest absolute Gasteiger partial charge is 0.396 e. The van der Waals surface area contributed by atoms with E-state index in [2.05, 4.69) is 0 Å². The molecule has 0 rings (SSSR count). The molecule has 0 aromatic heterocycles. The van der Waals surface area contributed by atoms with Crippen LogP contribution in [0.3, 0.4) is 0 Å². The van der Waals surface area contributed by atoms with E-state index in [4.69, 9.17) is 11.2 Å². The van der Waals surface area contributed by atoms with Gasteiger partial charge in [-0.25, -0.2) is 0 Å². The molecule has 0 spiro atoms. The van der Waals surface area contributed by atoms with Gasteiger partial charge >= 0.3 is 0 Å². The van der Waals surface area contributed by atoms with Gasteiger partial charge < -0.3 is 16.3 Å². The molecular weight excluding hydrogens is 426 g/mol. The predicted octanol–water partition coefficient (Wildman–Crippen LogP) is 2.10. The smallest absolute Gasteiger partial charge is 0.110 e. The molecule has 2 N–H and O–H groups in total. The van der Waals surface area contributed by atoms with Gasteiger partial charge in [0, 0.05) is 18.4 Å². The minimum absolute atomic E-state index is 0.00842. The average Bonchev–Trinajstić information content (AvgIpc) is 2.27. The molecular formula is C9H18I2O4. The molecule has 0 radical (unpaired) electrons. The van der Waals surface area contributed by atoms with Crippen molar-refractivity contribution in [3.8, 4) is 0 Å². The lowest BCUT2D eigenvalue weighted by molar-refractivity contribution is -0.0355. The van der Waals surface area contributed by atoms with Crippen molar-refractivity contribution in [2.45, 2.75) is 39.1 Å². The number of halogens is 2. The van der Waals surface area contributed by atoms with Crippen molar-refractivity contribution in [1.82, 2.24) is 0 Å². The van der Waals surface area contributed by atoms with E-state index in [1.807, 2.05) is 36.9 Å². The molecule has 0 aromatic rings. The molecule has 0 aliphatic rings. The van der Waals surface area contributed by atoms with Crippen LogP contribution in [0.5, 0.6) is 0 Å². The predicted molar refractivity (Wildman–Crippen MR) is 74.9 cm³/mol. The first-order valence-electron chi connectivity index (χ1n) is 4.83. The highest BCUT2D eigenvalue weighted by Gasteiger charge is 2.33. The van der Waals surface area contributed by atoms with Crippen LogP contribution in [0.15, 0.2) is 0 Å². The van der Waals surface area contributed by atoms with Crippen molar-refractivity contribution in [2.75, 3.05) is 6.61 Å². The Balaban J connectivity index is 4.45. The van der Waals surface area contributed by atoms with E-state index < -0.39 is 6.10 Å². The van der Waals surface area contributed by atoms with Crippen molar-refractivity contribution < 1.29 is 16.3 Å². The first-order chi connectivity index (χ1) is 6.99. The highest BCUT2D eigenvalue weighted by atomic mass is 127. The third-order valence-electron chi connectivity index (χ3n) is 2.71. The highest BCUT2D eigenvalue weighted by Crippen LogP contribution is 2.24. The van der Waals surface area contributed by atoms with Crippen LogP contribution in [0.25, 0.3) is 0 Å². The van der Waals surface area contributed by atoms with Crippen molar-refractivity contribution in [3.05, 3.63) is 0 Å². The van der Waals surface area contributed by atoms with E-state index in [0.29, 0.717) is 0 Å². The molecule has 4 nitrogen and oxygen atoms in total. The Morgan fingerprint density at radius 2 is 1.67 bits per heavy atom. The molecule has 15 heavy (non-hydrogen) atoms. The molecule has 0 aliphatic carbocycles. The summed E-state index contributed by atoms with van der Waals surface area (Å²) >= 11 is 3.62. The summed E-state index contributed by atoms with van der Waals surface area (Å²) in [6.07, 6.45) is -1.03. The van der Waals surface area contributed by atoms with Gasteiger partial charge in [0.1, 0.15) is 52.1 Å². The Labute approximate surface area is 119 Å².